The number of nitrogens with zero attached hydrogens (tertiary/aromatic N) is 1. The second kappa shape index (κ2) is 6.18. The van der Waals surface area contributed by atoms with Crippen LogP contribution in [0.2, 0.25) is 5.02 Å². The Balaban J connectivity index is 2.34. The summed E-state index contributed by atoms with van der Waals surface area (Å²) in [6.45, 7) is 1.43. The van der Waals surface area contributed by atoms with Gasteiger partial charge in [0, 0.05) is 10.6 Å². The number of alkyl halides is 3. The molecular weight excluding hydrogens is 303 g/mol. The third kappa shape index (κ3) is 3.98. The summed E-state index contributed by atoms with van der Waals surface area (Å²) in [5.41, 5.74) is -0.815. The van der Waals surface area contributed by atoms with Crippen molar-refractivity contribution in [1.29, 1.82) is 0 Å². The number of hydrogen-bond acceptors (Lipinski definition) is 2. The summed E-state index contributed by atoms with van der Waals surface area (Å²) in [7, 11) is 0. The van der Waals surface area contributed by atoms with Gasteiger partial charge in [-0.15, -0.1) is 0 Å². The first-order chi connectivity index (χ1) is 9.88. The smallest absolute Gasteiger partial charge is 0.357 e. The molecule has 2 aromatic rings. The molecule has 110 valence electrons. The van der Waals surface area contributed by atoms with Crippen LogP contribution in [0.4, 0.5) is 13.2 Å². The molecule has 0 saturated heterocycles. The van der Waals surface area contributed by atoms with E-state index in [1.54, 1.807) is 30.3 Å². The zero-order chi connectivity index (χ0) is 15.5. The SMILES string of the molecule is CC(=NOc1ccccc1)c1cc(Cl)ccc1C(F)(F)F. The van der Waals surface area contributed by atoms with Crippen LogP contribution in [-0.2, 0) is 6.18 Å². The van der Waals surface area contributed by atoms with Crippen LogP contribution in [0, 0.1) is 0 Å². The zero-order valence-corrected chi connectivity index (χ0v) is 11.7. The molecule has 2 aromatic carbocycles. The first kappa shape index (κ1) is 15.4. The largest absolute Gasteiger partial charge is 0.417 e. The van der Waals surface area contributed by atoms with Crippen LogP contribution in [0.3, 0.4) is 0 Å². The van der Waals surface area contributed by atoms with Crippen LogP contribution in [0.25, 0.3) is 0 Å². The number of hydrogen-bond donors (Lipinski definition) is 0. The van der Waals surface area contributed by atoms with Gasteiger partial charge in [0.05, 0.1) is 11.3 Å². The summed E-state index contributed by atoms with van der Waals surface area (Å²) >= 11 is 5.76. The summed E-state index contributed by atoms with van der Waals surface area (Å²) in [6.07, 6.45) is -4.48. The van der Waals surface area contributed by atoms with Crippen molar-refractivity contribution in [1.82, 2.24) is 0 Å². The fraction of sp³-hybridized carbons (Fsp3) is 0.133. The summed E-state index contributed by atoms with van der Waals surface area (Å²) in [5, 5.41) is 3.94. The Labute approximate surface area is 124 Å². The second-order valence-corrected chi connectivity index (χ2v) is 4.71. The standard InChI is InChI=1S/C15H11ClF3NO/c1-10(20-21-12-5-3-2-4-6-12)13-9-11(16)7-8-14(13)15(17,18)19/h2-9H,1H3. The van der Waals surface area contributed by atoms with Crippen molar-refractivity contribution in [2.75, 3.05) is 0 Å². The van der Waals surface area contributed by atoms with Crippen molar-refractivity contribution >= 4 is 17.3 Å². The normalized spacial score (nSPS) is 12.3. The third-order valence-corrected chi connectivity index (χ3v) is 2.94. The molecule has 0 amide bonds. The lowest BCUT2D eigenvalue weighted by Gasteiger charge is -2.12. The Morgan fingerprint density at radius 3 is 2.38 bits per heavy atom. The quantitative estimate of drug-likeness (QED) is 0.566. The van der Waals surface area contributed by atoms with Gasteiger partial charge in [0.15, 0.2) is 5.75 Å². The van der Waals surface area contributed by atoms with Crippen molar-refractivity contribution < 1.29 is 18.0 Å². The monoisotopic (exact) mass is 313 g/mol. The van der Waals surface area contributed by atoms with E-state index in [1.165, 1.54) is 19.1 Å². The molecule has 0 unspecified atom stereocenters. The average Bonchev–Trinajstić information content (AvgIpc) is 2.44. The van der Waals surface area contributed by atoms with Crippen LogP contribution in [0.1, 0.15) is 18.1 Å². The molecule has 0 heterocycles. The third-order valence-electron chi connectivity index (χ3n) is 2.71. The fourth-order valence-corrected chi connectivity index (χ4v) is 1.89. The van der Waals surface area contributed by atoms with E-state index < -0.39 is 11.7 Å². The molecule has 0 aromatic heterocycles. The van der Waals surface area contributed by atoms with E-state index in [0.29, 0.717) is 5.75 Å². The lowest BCUT2D eigenvalue weighted by Crippen LogP contribution is -2.12. The van der Waals surface area contributed by atoms with Crippen LogP contribution in [0.15, 0.2) is 53.7 Å². The Morgan fingerprint density at radius 2 is 1.76 bits per heavy atom. The molecule has 0 bridgehead atoms. The lowest BCUT2D eigenvalue weighted by atomic mass is 10.0. The molecule has 0 aliphatic carbocycles. The average molecular weight is 314 g/mol. The van der Waals surface area contributed by atoms with Gasteiger partial charge in [-0.2, -0.15) is 13.2 Å². The molecule has 0 fully saturated rings. The summed E-state index contributed by atoms with van der Waals surface area (Å²) < 4.78 is 38.9. The van der Waals surface area contributed by atoms with Gasteiger partial charge in [0.2, 0.25) is 0 Å². The first-order valence-corrected chi connectivity index (χ1v) is 6.39. The highest BCUT2D eigenvalue weighted by Crippen LogP contribution is 2.33. The van der Waals surface area contributed by atoms with Gasteiger partial charge in [-0.3, -0.25) is 0 Å². The molecule has 2 rings (SSSR count). The summed E-state index contributed by atoms with van der Waals surface area (Å²) in [6, 6.07) is 11.9. The van der Waals surface area contributed by atoms with Crippen molar-refractivity contribution in [2.24, 2.45) is 5.16 Å². The zero-order valence-electron chi connectivity index (χ0n) is 11.0. The number of halogens is 4. The van der Waals surface area contributed by atoms with Crippen LogP contribution < -0.4 is 4.84 Å². The number of rotatable bonds is 3. The molecular formula is C15H11ClF3NO. The molecule has 0 aliphatic rings. The molecule has 0 atom stereocenters. The van der Waals surface area contributed by atoms with E-state index in [9.17, 15) is 13.2 Å². The Bertz CT molecular complexity index is 654. The molecule has 0 spiro atoms. The first-order valence-electron chi connectivity index (χ1n) is 6.01. The number of oxime groups is 1. The minimum Gasteiger partial charge on any atom is -0.357 e. The van der Waals surface area contributed by atoms with Gasteiger partial charge in [-0.25, -0.2) is 0 Å². The van der Waals surface area contributed by atoms with Crippen molar-refractivity contribution in [2.45, 2.75) is 13.1 Å². The van der Waals surface area contributed by atoms with Gasteiger partial charge < -0.3 is 4.84 Å². The van der Waals surface area contributed by atoms with Crippen LogP contribution in [-0.4, -0.2) is 5.71 Å². The van der Waals surface area contributed by atoms with E-state index in [1.807, 2.05) is 0 Å². The van der Waals surface area contributed by atoms with Gasteiger partial charge in [-0.05, 0) is 37.3 Å². The highest BCUT2D eigenvalue weighted by Gasteiger charge is 2.34. The maximum Gasteiger partial charge on any atom is 0.417 e. The maximum absolute atomic E-state index is 13.0. The van der Waals surface area contributed by atoms with Gasteiger partial charge in [-0.1, -0.05) is 35.0 Å². The molecule has 0 radical (unpaired) electrons. The van der Waals surface area contributed by atoms with Gasteiger partial charge >= 0.3 is 6.18 Å². The highest BCUT2D eigenvalue weighted by atomic mass is 35.5. The van der Waals surface area contributed by atoms with Crippen molar-refractivity contribution in [3.63, 3.8) is 0 Å². The minimum atomic E-state index is -4.48. The predicted octanol–water partition coefficient (Wildman–Crippen LogP) is 5.16. The van der Waals surface area contributed by atoms with E-state index in [2.05, 4.69) is 5.16 Å². The second-order valence-electron chi connectivity index (χ2n) is 4.27. The van der Waals surface area contributed by atoms with Crippen molar-refractivity contribution in [3.8, 4) is 5.75 Å². The topological polar surface area (TPSA) is 21.6 Å². The fourth-order valence-electron chi connectivity index (χ4n) is 1.71. The van der Waals surface area contributed by atoms with Crippen LogP contribution >= 0.6 is 11.6 Å². The van der Waals surface area contributed by atoms with E-state index in [-0.39, 0.29) is 16.3 Å². The number of benzene rings is 2. The summed E-state index contributed by atoms with van der Waals surface area (Å²) in [4.78, 5) is 5.11. The van der Waals surface area contributed by atoms with Crippen LogP contribution in [0.5, 0.6) is 5.75 Å². The number of para-hydroxylation sites is 1. The Morgan fingerprint density at radius 1 is 1.10 bits per heavy atom. The predicted molar refractivity (Wildman–Crippen MR) is 75.7 cm³/mol. The van der Waals surface area contributed by atoms with E-state index in [0.717, 1.165) is 6.07 Å². The Hall–Kier alpha value is -2.01. The minimum absolute atomic E-state index is 0.0914. The van der Waals surface area contributed by atoms with Gasteiger partial charge in [0.25, 0.3) is 0 Å². The molecule has 0 N–H and O–H groups in total. The summed E-state index contributed by atoms with van der Waals surface area (Å²) in [5.74, 6) is 0.437. The molecule has 2 nitrogen and oxygen atoms in total. The molecule has 6 heteroatoms. The lowest BCUT2D eigenvalue weighted by molar-refractivity contribution is -0.137. The van der Waals surface area contributed by atoms with E-state index >= 15 is 0 Å². The highest BCUT2D eigenvalue weighted by molar-refractivity contribution is 6.31. The Kier molecular flexibility index (Phi) is 4.53. The molecule has 0 saturated carbocycles. The molecule has 21 heavy (non-hydrogen) atoms. The van der Waals surface area contributed by atoms with Gasteiger partial charge in [0.1, 0.15) is 0 Å². The molecule has 0 aliphatic heterocycles. The van der Waals surface area contributed by atoms with Crippen molar-refractivity contribution in [3.05, 3.63) is 64.7 Å². The van der Waals surface area contributed by atoms with E-state index in [4.69, 9.17) is 16.4 Å². The maximum atomic E-state index is 13.0.